The highest BCUT2D eigenvalue weighted by Crippen LogP contribution is 2.21. The Hall–Kier alpha value is -1.82. The Balaban J connectivity index is 1.51. The third kappa shape index (κ3) is 4.60. The molecule has 2 amide bonds. The Morgan fingerprint density at radius 1 is 1.21 bits per heavy atom. The highest BCUT2D eigenvalue weighted by molar-refractivity contribution is 5.74. The lowest BCUT2D eigenvalue weighted by Crippen LogP contribution is -2.47. The van der Waals surface area contributed by atoms with Gasteiger partial charge in [0, 0.05) is 37.4 Å². The molecule has 0 radical (unpaired) electrons. The van der Waals surface area contributed by atoms with Gasteiger partial charge in [0.15, 0.2) is 0 Å². The summed E-state index contributed by atoms with van der Waals surface area (Å²) in [6.07, 6.45) is 7.63. The molecule has 0 atom stereocenters. The number of urea groups is 1. The normalized spacial score (nSPS) is 20.0. The molecule has 132 valence electrons. The van der Waals surface area contributed by atoms with Crippen molar-refractivity contribution in [2.75, 3.05) is 38.1 Å². The molecule has 1 aromatic rings. The topological polar surface area (TPSA) is 60.5 Å². The summed E-state index contributed by atoms with van der Waals surface area (Å²) < 4.78 is 0. The molecule has 0 unspecified atom stereocenters. The van der Waals surface area contributed by atoms with E-state index in [1.54, 1.807) is 0 Å². The van der Waals surface area contributed by atoms with Crippen molar-refractivity contribution in [2.24, 2.45) is 0 Å². The van der Waals surface area contributed by atoms with Gasteiger partial charge in [-0.15, -0.1) is 0 Å². The number of likely N-dealkylation sites (tertiary alicyclic amines) is 1. The fourth-order valence-corrected chi connectivity index (χ4v) is 3.52. The number of hydrogen-bond donors (Lipinski definition) is 2. The molecule has 0 saturated carbocycles. The number of hydrogen-bond acceptors (Lipinski definition) is 4. The molecule has 0 spiro atoms. The van der Waals surface area contributed by atoms with Crippen LogP contribution in [-0.2, 0) is 6.54 Å². The Labute approximate surface area is 144 Å². The summed E-state index contributed by atoms with van der Waals surface area (Å²) in [5.41, 5.74) is 1.10. The molecule has 2 aliphatic heterocycles. The van der Waals surface area contributed by atoms with Crippen molar-refractivity contribution in [2.45, 2.75) is 44.7 Å². The quantitative estimate of drug-likeness (QED) is 0.885. The van der Waals surface area contributed by atoms with Crippen LogP contribution in [-0.4, -0.2) is 55.2 Å². The summed E-state index contributed by atoms with van der Waals surface area (Å²) in [6.45, 7) is 4.75. The van der Waals surface area contributed by atoms with Gasteiger partial charge in [-0.05, 0) is 58.3 Å². The van der Waals surface area contributed by atoms with E-state index >= 15 is 0 Å². The van der Waals surface area contributed by atoms with Crippen LogP contribution in [0.15, 0.2) is 18.3 Å². The van der Waals surface area contributed by atoms with Gasteiger partial charge in [-0.25, -0.2) is 9.78 Å². The highest BCUT2D eigenvalue weighted by Gasteiger charge is 2.19. The second-order valence-corrected chi connectivity index (χ2v) is 6.94. The maximum atomic E-state index is 12.2. The van der Waals surface area contributed by atoms with E-state index in [4.69, 9.17) is 0 Å². The summed E-state index contributed by atoms with van der Waals surface area (Å²) >= 11 is 0. The van der Waals surface area contributed by atoms with Crippen LogP contribution in [0.25, 0.3) is 0 Å². The van der Waals surface area contributed by atoms with E-state index in [0.29, 0.717) is 6.54 Å². The second kappa shape index (κ2) is 8.33. The van der Waals surface area contributed by atoms with Crippen molar-refractivity contribution in [1.29, 1.82) is 0 Å². The number of pyridine rings is 1. The predicted octanol–water partition coefficient (Wildman–Crippen LogP) is 1.97. The lowest BCUT2D eigenvalue weighted by Gasteiger charge is -2.30. The smallest absolute Gasteiger partial charge is 0.315 e. The monoisotopic (exact) mass is 331 g/mol. The van der Waals surface area contributed by atoms with Crippen LogP contribution in [0.2, 0.25) is 0 Å². The van der Waals surface area contributed by atoms with E-state index in [-0.39, 0.29) is 12.1 Å². The summed E-state index contributed by atoms with van der Waals surface area (Å²) in [5.74, 6) is 1.02. The molecule has 0 aromatic carbocycles. The van der Waals surface area contributed by atoms with Crippen LogP contribution in [0, 0.1) is 0 Å². The van der Waals surface area contributed by atoms with E-state index in [1.165, 1.54) is 19.3 Å². The van der Waals surface area contributed by atoms with Crippen LogP contribution < -0.4 is 15.5 Å². The minimum Gasteiger partial charge on any atom is -0.356 e. The zero-order chi connectivity index (χ0) is 16.8. The van der Waals surface area contributed by atoms with Gasteiger partial charge in [-0.1, -0.05) is 6.07 Å². The zero-order valence-corrected chi connectivity index (χ0v) is 14.6. The number of nitrogens with zero attached hydrogens (tertiary/aromatic N) is 3. The van der Waals surface area contributed by atoms with Gasteiger partial charge in [0.1, 0.15) is 5.82 Å². The minimum absolute atomic E-state index is 0.0713. The van der Waals surface area contributed by atoms with Gasteiger partial charge in [-0.2, -0.15) is 0 Å². The first-order chi connectivity index (χ1) is 11.7. The second-order valence-electron chi connectivity index (χ2n) is 6.94. The first-order valence-corrected chi connectivity index (χ1v) is 9.14. The van der Waals surface area contributed by atoms with E-state index in [1.807, 2.05) is 12.3 Å². The van der Waals surface area contributed by atoms with Gasteiger partial charge in [0.25, 0.3) is 0 Å². The number of anilines is 1. The molecule has 2 aliphatic rings. The number of rotatable bonds is 4. The zero-order valence-electron chi connectivity index (χ0n) is 14.6. The number of amides is 2. The molecule has 6 heteroatoms. The molecule has 0 aliphatic carbocycles. The average molecular weight is 331 g/mol. The molecule has 6 nitrogen and oxygen atoms in total. The molecule has 3 rings (SSSR count). The van der Waals surface area contributed by atoms with Crippen LogP contribution in [0.5, 0.6) is 0 Å². The molecule has 2 N–H and O–H groups in total. The summed E-state index contributed by atoms with van der Waals surface area (Å²) in [5, 5.41) is 6.10. The summed E-state index contributed by atoms with van der Waals surface area (Å²) in [7, 11) is 2.13. The highest BCUT2D eigenvalue weighted by atomic mass is 16.2. The number of nitrogens with one attached hydrogen (secondary N) is 2. The van der Waals surface area contributed by atoms with Crippen molar-refractivity contribution in [3.05, 3.63) is 23.9 Å². The summed E-state index contributed by atoms with van der Waals surface area (Å²) in [6, 6.07) is 4.22. The number of piperidine rings is 2. The lowest BCUT2D eigenvalue weighted by atomic mass is 10.1. The Kier molecular flexibility index (Phi) is 5.91. The maximum Gasteiger partial charge on any atom is 0.315 e. The largest absolute Gasteiger partial charge is 0.356 e. The van der Waals surface area contributed by atoms with E-state index in [9.17, 15) is 4.79 Å². The predicted molar refractivity (Wildman–Crippen MR) is 96.2 cm³/mol. The maximum absolute atomic E-state index is 12.2. The SMILES string of the molecule is CN1CCC(NC(=O)NCc2cccnc2N2CCCCC2)CC1. The molecule has 1 aromatic heterocycles. The third-order valence-electron chi connectivity index (χ3n) is 5.02. The van der Waals surface area contributed by atoms with Crippen molar-refractivity contribution in [3.8, 4) is 0 Å². The number of carbonyl (C=O) groups is 1. The number of carbonyl (C=O) groups excluding carboxylic acids is 1. The fraction of sp³-hybridized carbons (Fsp3) is 0.667. The van der Waals surface area contributed by atoms with Gasteiger partial charge < -0.3 is 20.4 Å². The van der Waals surface area contributed by atoms with Crippen LogP contribution >= 0.6 is 0 Å². The van der Waals surface area contributed by atoms with Crippen LogP contribution in [0.4, 0.5) is 10.6 Å². The molecule has 3 heterocycles. The minimum atomic E-state index is -0.0713. The van der Waals surface area contributed by atoms with Crippen molar-refractivity contribution >= 4 is 11.8 Å². The molecule has 24 heavy (non-hydrogen) atoms. The standard InChI is InChI=1S/C18H29N5O/c1-22-12-7-16(8-13-22)21-18(24)20-14-15-6-5-9-19-17(15)23-10-3-2-4-11-23/h5-6,9,16H,2-4,7-8,10-14H2,1H3,(H2,20,21,24). The van der Waals surface area contributed by atoms with Crippen LogP contribution in [0.1, 0.15) is 37.7 Å². The van der Waals surface area contributed by atoms with Gasteiger partial charge in [0.2, 0.25) is 0 Å². The first-order valence-electron chi connectivity index (χ1n) is 9.14. The van der Waals surface area contributed by atoms with E-state index < -0.39 is 0 Å². The Morgan fingerprint density at radius 3 is 2.71 bits per heavy atom. The first kappa shape index (κ1) is 17.0. The van der Waals surface area contributed by atoms with E-state index in [2.05, 4.69) is 38.5 Å². The molecule has 2 saturated heterocycles. The van der Waals surface area contributed by atoms with E-state index in [0.717, 1.165) is 50.4 Å². The van der Waals surface area contributed by atoms with Crippen molar-refractivity contribution in [1.82, 2.24) is 20.5 Å². The van der Waals surface area contributed by atoms with Gasteiger partial charge in [0.05, 0.1) is 0 Å². The Morgan fingerprint density at radius 2 is 1.96 bits per heavy atom. The molecular weight excluding hydrogens is 302 g/mol. The number of aromatic nitrogens is 1. The van der Waals surface area contributed by atoms with Crippen LogP contribution in [0.3, 0.4) is 0 Å². The third-order valence-corrected chi connectivity index (χ3v) is 5.02. The Bertz CT molecular complexity index is 536. The van der Waals surface area contributed by atoms with Crippen molar-refractivity contribution < 1.29 is 4.79 Å². The molecule has 2 fully saturated rings. The average Bonchev–Trinajstić information content (AvgIpc) is 2.63. The molecular formula is C18H29N5O. The van der Waals surface area contributed by atoms with Gasteiger partial charge >= 0.3 is 6.03 Å². The fourth-order valence-electron chi connectivity index (χ4n) is 3.52. The summed E-state index contributed by atoms with van der Waals surface area (Å²) in [4.78, 5) is 21.4. The molecule has 0 bridgehead atoms. The van der Waals surface area contributed by atoms with Crippen molar-refractivity contribution in [3.63, 3.8) is 0 Å². The lowest BCUT2D eigenvalue weighted by molar-refractivity contribution is 0.213. The van der Waals surface area contributed by atoms with Gasteiger partial charge in [-0.3, -0.25) is 0 Å².